The molecule has 1 amide bonds. The first-order chi connectivity index (χ1) is 17.0. The highest BCUT2D eigenvalue weighted by Crippen LogP contribution is 2.25. The predicted octanol–water partition coefficient (Wildman–Crippen LogP) is 6.40. The molecule has 0 aromatic heterocycles. The van der Waals surface area contributed by atoms with Gasteiger partial charge in [0.2, 0.25) is 0 Å². The Hall–Kier alpha value is -4.38. The van der Waals surface area contributed by atoms with Crippen molar-refractivity contribution in [1.82, 2.24) is 5.32 Å². The number of carboxylic acids is 1. The van der Waals surface area contributed by atoms with Crippen molar-refractivity contribution in [3.63, 3.8) is 0 Å². The van der Waals surface area contributed by atoms with E-state index in [4.69, 9.17) is 9.84 Å². The van der Waals surface area contributed by atoms with Crippen LogP contribution in [0.15, 0.2) is 97.1 Å². The Morgan fingerprint density at radius 1 is 0.800 bits per heavy atom. The Morgan fingerprint density at radius 3 is 2.31 bits per heavy atom. The van der Waals surface area contributed by atoms with E-state index in [0.29, 0.717) is 30.0 Å². The molecule has 0 aliphatic carbocycles. The van der Waals surface area contributed by atoms with Gasteiger partial charge in [0.25, 0.3) is 5.91 Å². The third kappa shape index (κ3) is 6.58. The number of hydrogen-bond acceptors (Lipinski definition) is 3. The summed E-state index contributed by atoms with van der Waals surface area (Å²) in [7, 11) is 0. The van der Waals surface area contributed by atoms with Crippen LogP contribution in [0.1, 0.15) is 33.5 Å². The van der Waals surface area contributed by atoms with E-state index in [2.05, 4.69) is 29.6 Å². The van der Waals surface area contributed by atoms with Gasteiger partial charge in [-0.05, 0) is 77.6 Å². The van der Waals surface area contributed by atoms with E-state index in [1.807, 2.05) is 55.5 Å². The average molecular weight is 466 g/mol. The largest absolute Gasteiger partial charge is 0.481 e. The van der Waals surface area contributed by atoms with Gasteiger partial charge in [0.15, 0.2) is 0 Å². The number of carbonyl (C=O) groups excluding carboxylic acids is 1. The number of benzene rings is 4. The van der Waals surface area contributed by atoms with Crippen LogP contribution in [0.2, 0.25) is 0 Å². The minimum atomic E-state index is -0.816. The second kappa shape index (κ2) is 11.2. The monoisotopic (exact) mass is 465 g/mol. The zero-order valence-electron chi connectivity index (χ0n) is 19.5. The second-order valence-corrected chi connectivity index (χ2v) is 8.36. The summed E-state index contributed by atoms with van der Waals surface area (Å²) in [6.07, 6.45) is 0.570. The molecule has 0 atom stereocenters. The second-order valence-electron chi connectivity index (χ2n) is 8.36. The van der Waals surface area contributed by atoms with Gasteiger partial charge in [0.05, 0.1) is 0 Å². The van der Waals surface area contributed by atoms with E-state index < -0.39 is 5.97 Å². The molecule has 0 aliphatic rings. The third-order valence-corrected chi connectivity index (χ3v) is 5.74. The molecule has 0 saturated heterocycles. The van der Waals surface area contributed by atoms with E-state index in [-0.39, 0.29) is 12.3 Å². The van der Waals surface area contributed by atoms with Gasteiger partial charge in [-0.1, -0.05) is 60.7 Å². The first-order valence-corrected chi connectivity index (χ1v) is 11.5. The number of ether oxygens (including phenoxy) is 1. The van der Waals surface area contributed by atoms with Crippen LogP contribution in [0.25, 0.3) is 11.1 Å². The molecule has 176 valence electrons. The Balaban J connectivity index is 1.39. The van der Waals surface area contributed by atoms with E-state index in [0.717, 1.165) is 27.8 Å². The van der Waals surface area contributed by atoms with Crippen LogP contribution in [0, 0.1) is 6.92 Å². The van der Waals surface area contributed by atoms with Gasteiger partial charge < -0.3 is 15.2 Å². The number of carboxylic acid groups (broad SMARTS) is 1. The van der Waals surface area contributed by atoms with Crippen molar-refractivity contribution in [2.75, 3.05) is 0 Å². The normalized spacial score (nSPS) is 10.5. The Labute approximate surface area is 205 Å². The maximum Gasteiger partial charge on any atom is 0.303 e. The van der Waals surface area contributed by atoms with Crippen LogP contribution >= 0.6 is 0 Å². The fourth-order valence-corrected chi connectivity index (χ4v) is 3.87. The molecule has 0 fully saturated rings. The molecule has 4 rings (SSSR count). The molecule has 0 spiro atoms. The zero-order valence-corrected chi connectivity index (χ0v) is 19.5. The van der Waals surface area contributed by atoms with Gasteiger partial charge in [0.1, 0.15) is 11.5 Å². The lowest BCUT2D eigenvalue weighted by molar-refractivity contribution is -0.136. The molecule has 2 N–H and O–H groups in total. The number of amides is 1. The lowest BCUT2D eigenvalue weighted by Crippen LogP contribution is -2.22. The Bertz CT molecular complexity index is 1330. The standard InChI is InChI=1S/C30H27NO4/c1-21-17-28(15-13-23(21)14-16-29(32)33)35-27-12-6-11-26(19-27)30(34)31-20-22-7-5-10-25(18-22)24-8-3-2-4-9-24/h2-13,15,17-19H,14,16,20H2,1H3,(H,31,34)(H,32,33). The maximum atomic E-state index is 12.8. The van der Waals surface area contributed by atoms with Crippen LogP contribution in [0.5, 0.6) is 11.5 Å². The van der Waals surface area contributed by atoms with E-state index in [1.165, 1.54) is 0 Å². The quantitative estimate of drug-likeness (QED) is 0.300. The third-order valence-electron chi connectivity index (χ3n) is 5.74. The number of aryl methyl sites for hydroxylation is 2. The number of aliphatic carboxylic acids is 1. The molecule has 4 aromatic carbocycles. The van der Waals surface area contributed by atoms with Crippen molar-refractivity contribution in [2.45, 2.75) is 26.3 Å². The number of rotatable bonds is 9. The summed E-state index contributed by atoms with van der Waals surface area (Å²) >= 11 is 0. The molecular weight excluding hydrogens is 438 g/mol. The fourth-order valence-electron chi connectivity index (χ4n) is 3.87. The van der Waals surface area contributed by atoms with E-state index >= 15 is 0 Å². The van der Waals surface area contributed by atoms with Crippen molar-refractivity contribution in [1.29, 1.82) is 0 Å². The first kappa shape index (κ1) is 23.8. The fraction of sp³-hybridized carbons (Fsp3) is 0.133. The van der Waals surface area contributed by atoms with Crippen LogP contribution in [-0.4, -0.2) is 17.0 Å². The first-order valence-electron chi connectivity index (χ1n) is 11.5. The van der Waals surface area contributed by atoms with Gasteiger partial charge >= 0.3 is 5.97 Å². The summed E-state index contributed by atoms with van der Waals surface area (Å²) in [5.74, 6) is 0.197. The molecule has 4 aromatic rings. The number of hydrogen-bond donors (Lipinski definition) is 2. The van der Waals surface area contributed by atoms with Crippen molar-refractivity contribution >= 4 is 11.9 Å². The molecule has 5 nitrogen and oxygen atoms in total. The minimum absolute atomic E-state index is 0.0920. The Kier molecular flexibility index (Phi) is 7.58. The zero-order chi connectivity index (χ0) is 24.6. The van der Waals surface area contributed by atoms with Crippen molar-refractivity contribution < 1.29 is 19.4 Å². The van der Waals surface area contributed by atoms with E-state index in [1.54, 1.807) is 24.3 Å². The highest BCUT2D eigenvalue weighted by Gasteiger charge is 2.09. The highest BCUT2D eigenvalue weighted by molar-refractivity contribution is 5.94. The SMILES string of the molecule is Cc1cc(Oc2cccc(C(=O)NCc3cccc(-c4ccccc4)c3)c2)ccc1CCC(=O)O. The Morgan fingerprint density at radius 2 is 1.54 bits per heavy atom. The maximum absolute atomic E-state index is 12.8. The summed E-state index contributed by atoms with van der Waals surface area (Å²) in [4.78, 5) is 23.6. The topological polar surface area (TPSA) is 75.6 Å². The van der Waals surface area contributed by atoms with Gasteiger partial charge in [-0.15, -0.1) is 0 Å². The lowest BCUT2D eigenvalue weighted by Gasteiger charge is -2.11. The predicted molar refractivity (Wildman–Crippen MR) is 137 cm³/mol. The molecule has 0 heterocycles. The summed E-state index contributed by atoms with van der Waals surface area (Å²) in [6, 6.07) is 30.9. The number of nitrogens with one attached hydrogen (secondary N) is 1. The van der Waals surface area contributed by atoms with Crippen LogP contribution < -0.4 is 10.1 Å². The van der Waals surface area contributed by atoms with Gasteiger partial charge in [-0.3, -0.25) is 9.59 Å². The molecule has 0 aliphatic heterocycles. The molecule has 35 heavy (non-hydrogen) atoms. The molecule has 0 unspecified atom stereocenters. The van der Waals surface area contributed by atoms with Crippen LogP contribution in [0.4, 0.5) is 0 Å². The van der Waals surface area contributed by atoms with Crippen molar-refractivity contribution in [2.24, 2.45) is 0 Å². The summed E-state index contributed by atoms with van der Waals surface area (Å²) < 4.78 is 5.96. The molecule has 0 saturated carbocycles. The summed E-state index contributed by atoms with van der Waals surface area (Å²) in [5, 5.41) is 11.9. The average Bonchev–Trinajstić information content (AvgIpc) is 2.87. The van der Waals surface area contributed by atoms with Gasteiger partial charge in [0, 0.05) is 18.5 Å². The minimum Gasteiger partial charge on any atom is -0.481 e. The van der Waals surface area contributed by atoms with Crippen LogP contribution in [0.3, 0.4) is 0 Å². The molecule has 0 bridgehead atoms. The van der Waals surface area contributed by atoms with Crippen molar-refractivity contribution in [3.8, 4) is 22.6 Å². The van der Waals surface area contributed by atoms with E-state index in [9.17, 15) is 9.59 Å². The molecule has 0 radical (unpaired) electrons. The highest BCUT2D eigenvalue weighted by atomic mass is 16.5. The van der Waals surface area contributed by atoms with Crippen LogP contribution in [-0.2, 0) is 17.8 Å². The molecule has 5 heteroatoms. The van der Waals surface area contributed by atoms with Crippen molar-refractivity contribution in [3.05, 3.63) is 119 Å². The number of carbonyl (C=O) groups is 2. The lowest BCUT2D eigenvalue weighted by atomic mass is 10.0. The van der Waals surface area contributed by atoms with Gasteiger partial charge in [-0.2, -0.15) is 0 Å². The summed E-state index contributed by atoms with van der Waals surface area (Å²) in [6.45, 7) is 2.35. The van der Waals surface area contributed by atoms with Gasteiger partial charge in [-0.25, -0.2) is 0 Å². The molecular formula is C30H27NO4. The summed E-state index contributed by atoms with van der Waals surface area (Å²) in [5.41, 5.74) is 5.72. The smallest absolute Gasteiger partial charge is 0.303 e.